The van der Waals surface area contributed by atoms with Crippen molar-refractivity contribution in [2.45, 2.75) is 6.04 Å². The number of aliphatic carboxylic acids is 1. The average Bonchev–Trinajstić information content (AvgIpc) is 2.89. The summed E-state index contributed by atoms with van der Waals surface area (Å²) in [7, 11) is 1.53. The van der Waals surface area contributed by atoms with Crippen LogP contribution in [0.1, 0.15) is 10.4 Å². The lowest BCUT2D eigenvalue weighted by atomic mass is 10.0. The minimum atomic E-state index is -0.987. The lowest BCUT2D eigenvalue weighted by molar-refractivity contribution is -0.142. The van der Waals surface area contributed by atoms with Gasteiger partial charge in [0.1, 0.15) is 11.1 Å². The zero-order chi connectivity index (χ0) is 14.9. The number of carbonyl (C=O) groups is 2. The number of carbonyl (C=O) groups excluding carboxylic acids is 1. The first-order chi connectivity index (χ1) is 9.41. The van der Waals surface area contributed by atoms with Gasteiger partial charge in [-0.1, -0.05) is 23.2 Å². The van der Waals surface area contributed by atoms with Crippen molar-refractivity contribution in [3.8, 4) is 0 Å². The maximum atomic E-state index is 12.3. The van der Waals surface area contributed by atoms with E-state index in [4.69, 9.17) is 33.0 Å². The van der Waals surface area contributed by atoms with Crippen LogP contribution in [0.2, 0.25) is 10.2 Å². The van der Waals surface area contributed by atoms with Gasteiger partial charge in [0.15, 0.2) is 0 Å². The van der Waals surface area contributed by atoms with Crippen LogP contribution in [0.25, 0.3) is 0 Å². The molecule has 1 amide bonds. The van der Waals surface area contributed by atoms with Crippen LogP contribution in [-0.4, -0.2) is 53.2 Å². The van der Waals surface area contributed by atoms with Crippen LogP contribution in [0.4, 0.5) is 0 Å². The fraction of sp³-hybridized carbons (Fsp3) is 0.417. The minimum Gasteiger partial charge on any atom is -0.481 e. The third-order valence-electron chi connectivity index (χ3n) is 3.23. The molecule has 0 spiro atoms. The molecule has 2 unspecified atom stereocenters. The van der Waals surface area contributed by atoms with Crippen molar-refractivity contribution in [3.05, 3.63) is 28.0 Å². The zero-order valence-corrected chi connectivity index (χ0v) is 12.1. The molecule has 2 heterocycles. The summed E-state index contributed by atoms with van der Waals surface area (Å²) in [4.78, 5) is 28.5. The number of nitrogens with zero attached hydrogens (tertiary/aromatic N) is 2. The van der Waals surface area contributed by atoms with Crippen molar-refractivity contribution in [1.82, 2.24) is 9.88 Å². The number of carboxylic acid groups (broad SMARTS) is 1. The van der Waals surface area contributed by atoms with Crippen LogP contribution in [0.5, 0.6) is 0 Å². The molecule has 1 saturated heterocycles. The molecule has 8 heteroatoms. The molecular weight excluding hydrogens is 307 g/mol. The van der Waals surface area contributed by atoms with Gasteiger partial charge in [-0.3, -0.25) is 9.59 Å². The highest BCUT2D eigenvalue weighted by Crippen LogP contribution is 2.23. The van der Waals surface area contributed by atoms with Gasteiger partial charge in [-0.2, -0.15) is 0 Å². The summed E-state index contributed by atoms with van der Waals surface area (Å²) in [6.07, 6.45) is 1.30. The largest absolute Gasteiger partial charge is 0.481 e. The number of pyridine rings is 1. The summed E-state index contributed by atoms with van der Waals surface area (Å²) in [5, 5.41) is 9.38. The van der Waals surface area contributed by atoms with E-state index in [9.17, 15) is 9.59 Å². The Bertz CT molecular complexity index is 552. The van der Waals surface area contributed by atoms with Gasteiger partial charge >= 0.3 is 5.97 Å². The maximum Gasteiger partial charge on any atom is 0.311 e. The number of aromatic nitrogens is 1. The van der Waals surface area contributed by atoms with E-state index in [2.05, 4.69) is 4.98 Å². The highest BCUT2D eigenvalue weighted by atomic mass is 35.5. The van der Waals surface area contributed by atoms with Gasteiger partial charge in [-0.25, -0.2) is 4.98 Å². The maximum absolute atomic E-state index is 12.3. The number of carboxylic acids is 1. The molecular formula is C12H12Cl2N2O4. The van der Waals surface area contributed by atoms with Gasteiger partial charge in [0.2, 0.25) is 0 Å². The van der Waals surface area contributed by atoms with E-state index >= 15 is 0 Å². The summed E-state index contributed by atoms with van der Waals surface area (Å²) in [5.41, 5.74) is 0.248. The smallest absolute Gasteiger partial charge is 0.311 e. The van der Waals surface area contributed by atoms with Crippen LogP contribution in [0.15, 0.2) is 12.3 Å². The first kappa shape index (κ1) is 15.0. The van der Waals surface area contributed by atoms with Crippen LogP contribution < -0.4 is 0 Å². The van der Waals surface area contributed by atoms with Crippen LogP contribution in [0.3, 0.4) is 0 Å². The van der Waals surface area contributed by atoms with Gasteiger partial charge in [0, 0.05) is 13.2 Å². The van der Waals surface area contributed by atoms with Gasteiger partial charge < -0.3 is 14.7 Å². The summed E-state index contributed by atoms with van der Waals surface area (Å²) in [5.74, 6) is -2.10. The second-order valence-corrected chi connectivity index (χ2v) is 5.23. The molecule has 1 aliphatic rings. The van der Waals surface area contributed by atoms with Crippen molar-refractivity contribution in [3.63, 3.8) is 0 Å². The SMILES string of the molecule is CN(C(=O)c1cnc(Cl)c(Cl)c1)C1COCC1C(=O)O. The predicted molar refractivity (Wildman–Crippen MR) is 72.1 cm³/mol. The number of rotatable bonds is 3. The molecule has 0 radical (unpaired) electrons. The van der Waals surface area contributed by atoms with Crippen molar-refractivity contribution in [2.75, 3.05) is 20.3 Å². The molecule has 1 N–H and O–H groups in total. The summed E-state index contributed by atoms with van der Waals surface area (Å²) in [6.45, 7) is 0.283. The molecule has 0 bridgehead atoms. The monoisotopic (exact) mass is 318 g/mol. The molecule has 0 aromatic carbocycles. The van der Waals surface area contributed by atoms with E-state index in [0.717, 1.165) is 0 Å². The molecule has 0 aliphatic carbocycles. The third-order valence-corrected chi connectivity index (χ3v) is 3.91. The molecule has 6 nitrogen and oxygen atoms in total. The highest BCUT2D eigenvalue weighted by Gasteiger charge is 2.38. The molecule has 1 aromatic heterocycles. The summed E-state index contributed by atoms with van der Waals surface area (Å²) in [6, 6.07) is 0.885. The first-order valence-electron chi connectivity index (χ1n) is 5.80. The molecule has 1 fully saturated rings. The normalized spacial score (nSPS) is 21.8. The summed E-state index contributed by atoms with van der Waals surface area (Å²) >= 11 is 11.5. The quantitative estimate of drug-likeness (QED) is 0.855. The Morgan fingerprint density at radius 2 is 2.15 bits per heavy atom. The predicted octanol–water partition coefficient (Wildman–Crippen LogP) is 1.56. The van der Waals surface area contributed by atoms with E-state index in [1.165, 1.54) is 24.2 Å². The second kappa shape index (κ2) is 5.95. The van der Waals surface area contributed by atoms with Gasteiger partial charge in [-0.05, 0) is 6.07 Å². The van der Waals surface area contributed by atoms with E-state index in [0.29, 0.717) is 0 Å². The van der Waals surface area contributed by atoms with E-state index in [1.807, 2.05) is 0 Å². The minimum absolute atomic E-state index is 0.0945. The average molecular weight is 319 g/mol. The Morgan fingerprint density at radius 3 is 2.75 bits per heavy atom. The van der Waals surface area contributed by atoms with Crippen molar-refractivity contribution in [2.24, 2.45) is 5.92 Å². The number of halogens is 2. The number of ether oxygens (including phenoxy) is 1. The molecule has 0 saturated carbocycles. The Labute approximate surface area is 125 Å². The highest BCUT2D eigenvalue weighted by molar-refractivity contribution is 6.41. The summed E-state index contributed by atoms with van der Waals surface area (Å²) < 4.78 is 5.14. The number of likely N-dealkylation sites (N-methyl/N-ethyl adjacent to an activating group) is 1. The van der Waals surface area contributed by atoms with Gasteiger partial charge in [-0.15, -0.1) is 0 Å². The first-order valence-corrected chi connectivity index (χ1v) is 6.56. The standard InChI is InChI=1S/C12H12Cl2N2O4/c1-16(9-5-20-4-7(9)12(18)19)11(17)6-2-8(13)10(14)15-3-6/h2-3,7,9H,4-5H2,1H3,(H,18,19). The molecule has 2 rings (SSSR count). The van der Waals surface area contributed by atoms with Crippen LogP contribution in [0, 0.1) is 5.92 Å². The Balaban J connectivity index is 2.19. The van der Waals surface area contributed by atoms with E-state index in [1.54, 1.807) is 0 Å². The third kappa shape index (κ3) is 2.87. The fourth-order valence-electron chi connectivity index (χ4n) is 2.05. The van der Waals surface area contributed by atoms with E-state index < -0.39 is 17.9 Å². The fourth-order valence-corrected chi connectivity index (χ4v) is 2.32. The van der Waals surface area contributed by atoms with Crippen molar-refractivity contribution < 1.29 is 19.4 Å². The van der Waals surface area contributed by atoms with Crippen LogP contribution >= 0.6 is 23.2 Å². The molecule has 108 valence electrons. The van der Waals surface area contributed by atoms with Gasteiger partial charge in [0.25, 0.3) is 5.91 Å². The van der Waals surface area contributed by atoms with Crippen molar-refractivity contribution in [1.29, 1.82) is 0 Å². The zero-order valence-electron chi connectivity index (χ0n) is 10.5. The molecule has 20 heavy (non-hydrogen) atoms. The van der Waals surface area contributed by atoms with Crippen molar-refractivity contribution >= 4 is 35.1 Å². The second-order valence-electron chi connectivity index (χ2n) is 4.46. The Kier molecular flexibility index (Phi) is 4.47. The van der Waals surface area contributed by atoms with Crippen LogP contribution in [-0.2, 0) is 9.53 Å². The van der Waals surface area contributed by atoms with E-state index in [-0.39, 0.29) is 34.9 Å². The topological polar surface area (TPSA) is 79.7 Å². The van der Waals surface area contributed by atoms with Gasteiger partial charge in [0.05, 0.1) is 29.8 Å². The molecule has 1 aromatic rings. The number of amides is 1. The molecule has 2 atom stereocenters. The molecule has 1 aliphatic heterocycles. The lowest BCUT2D eigenvalue weighted by Gasteiger charge is -2.26. The number of hydrogen-bond acceptors (Lipinski definition) is 4. The Morgan fingerprint density at radius 1 is 1.45 bits per heavy atom. The number of hydrogen-bond donors (Lipinski definition) is 1. The Hall–Kier alpha value is -1.37. The lowest BCUT2D eigenvalue weighted by Crippen LogP contribution is -2.44.